The zero-order valence-corrected chi connectivity index (χ0v) is 16.7. The van der Waals surface area contributed by atoms with Crippen LogP contribution in [0.25, 0.3) is 0 Å². The number of carbonyl (C=O) groups is 3. The van der Waals surface area contributed by atoms with Crippen molar-refractivity contribution < 1.29 is 28.4 Å². The fraction of sp³-hybridized carbons (Fsp3) is 0.300. The van der Waals surface area contributed by atoms with Crippen LogP contribution in [-0.2, 0) is 14.3 Å². The molecule has 1 fully saturated rings. The minimum Gasteiger partial charge on any atom is -0.461 e. The highest BCUT2D eigenvalue weighted by atomic mass is 19.1. The van der Waals surface area contributed by atoms with Crippen molar-refractivity contribution in [1.82, 2.24) is 9.88 Å². The molecule has 2 atom stereocenters. The highest BCUT2D eigenvalue weighted by molar-refractivity contribution is 6.04. The average Bonchev–Trinajstić information content (AvgIpc) is 3.11. The van der Waals surface area contributed by atoms with Gasteiger partial charge in [-0.1, -0.05) is 6.07 Å². The monoisotopic (exact) mass is 430 g/mol. The molecule has 1 aromatic heterocycles. The van der Waals surface area contributed by atoms with Crippen molar-refractivity contribution in [2.24, 2.45) is 0 Å². The first kappa shape index (κ1) is 21.8. The summed E-state index contributed by atoms with van der Waals surface area (Å²) in [5, 5.41) is 13.9. The third-order valence-corrected chi connectivity index (χ3v) is 4.82. The van der Waals surface area contributed by atoms with E-state index < -0.39 is 46.4 Å². The SMILES string of the molecule is CC(=O)O[C@@H]1C[C@H](c2cc([N+](=O)[O-])c(NC(=O)c3ccccn3)cc2F)N(C(C)=O)C1. The molecule has 10 nitrogen and oxygen atoms in total. The predicted octanol–water partition coefficient (Wildman–Crippen LogP) is 2.61. The van der Waals surface area contributed by atoms with Gasteiger partial charge in [-0.2, -0.15) is 0 Å². The molecule has 2 heterocycles. The quantitative estimate of drug-likeness (QED) is 0.438. The summed E-state index contributed by atoms with van der Waals surface area (Å²) < 4.78 is 20.1. The van der Waals surface area contributed by atoms with Crippen molar-refractivity contribution >= 4 is 29.2 Å². The molecule has 0 unspecified atom stereocenters. The normalized spacial score (nSPS) is 17.8. The Morgan fingerprint density at radius 1 is 1.29 bits per heavy atom. The van der Waals surface area contributed by atoms with E-state index in [1.165, 1.54) is 31.0 Å². The van der Waals surface area contributed by atoms with Gasteiger partial charge >= 0.3 is 5.97 Å². The maximum absolute atomic E-state index is 15.0. The maximum atomic E-state index is 15.0. The fourth-order valence-corrected chi connectivity index (χ4v) is 3.53. The van der Waals surface area contributed by atoms with E-state index in [1.807, 2.05) is 0 Å². The molecule has 3 rings (SSSR count). The van der Waals surface area contributed by atoms with Crippen LogP contribution in [0, 0.1) is 15.9 Å². The van der Waals surface area contributed by atoms with Gasteiger partial charge in [0, 0.05) is 44.2 Å². The number of anilines is 1. The van der Waals surface area contributed by atoms with Crippen molar-refractivity contribution in [3.05, 3.63) is 63.7 Å². The summed E-state index contributed by atoms with van der Waals surface area (Å²) in [4.78, 5) is 51.6. The number of likely N-dealkylation sites (tertiary alicyclic amines) is 1. The summed E-state index contributed by atoms with van der Waals surface area (Å²) in [6.45, 7) is 2.54. The molecular weight excluding hydrogens is 411 g/mol. The Labute approximate surface area is 176 Å². The van der Waals surface area contributed by atoms with Gasteiger partial charge in [-0.25, -0.2) is 4.39 Å². The number of nitro benzene ring substituents is 1. The van der Waals surface area contributed by atoms with Crippen molar-refractivity contribution in [1.29, 1.82) is 0 Å². The number of halogens is 1. The molecule has 1 aromatic carbocycles. The summed E-state index contributed by atoms with van der Waals surface area (Å²) in [7, 11) is 0. The van der Waals surface area contributed by atoms with Gasteiger partial charge in [0.25, 0.3) is 11.6 Å². The van der Waals surface area contributed by atoms with E-state index in [9.17, 15) is 28.9 Å². The number of esters is 1. The Bertz CT molecular complexity index is 1050. The van der Waals surface area contributed by atoms with Crippen LogP contribution in [0.2, 0.25) is 0 Å². The number of pyridine rings is 1. The minimum atomic E-state index is -0.860. The van der Waals surface area contributed by atoms with Gasteiger partial charge in [-0.15, -0.1) is 0 Å². The second-order valence-electron chi connectivity index (χ2n) is 6.97. The van der Waals surface area contributed by atoms with E-state index in [0.29, 0.717) is 0 Å². The number of benzene rings is 1. The van der Waals surface area contributed by atoms with Gasteiger partial charge in [-0.3, -0.25) is 29.5 Å². The van der Waals surface area contributed by atoms with Crippen molar-refractivity contribution in [2.45, 2.75) is 32.4 Å². The number of ether oxygens (including phenoxy) is 1. The molecule has 2 amide bonds. The standard InChI is InChI=1S/C20H19FN4O6/c1-11(26)24-10-13(31-12(2)27)7-18(24)14-8-19(25(29)30)17(9-15(14)21)23-20(28)16-5-3-4-6-22-16/h3-6,8-9,13,18H,7,10H2,1-2H3,(H,23,28)/t13-,18-/m1/s1. The lowest BCUT2D eigenvalue weighted by atomic mass is 10.0. The molecular formula is C20H19FN4O6. The molecule has 162 valence electrons. The molecule has 0 spiro atoms. The molecule has 1 saturated heterocycles. The number of hydrogen-bond acceptors (Lipinski definition) is 7. The second-order valence-corrected chi connectivity index (χ2v) is 6.97. The van der Waals surface area contributed by atoms with Crippen LogP contribution in [0.1, 0.15) is 42.4 Å². The van der Waals surface area contributed by atoms with E-state index in [4.69, 9.17) is 4.74 Å². The molecule has 0 bridgehead atoms. The topological polar surface area (TPSA) is 132 Å². The van der Waals surface area contributed by atoms with Crippen molar-refractivity contribution in [3.8, 4) is 0 Å². The Kier molecular flexibility index (Phi) is 6.23. The van der Waals surface area contributed by atoms with Crippen LogP contribution in [0.3, 0.4) is 0 Å². The second kappa shape index (κ2) is 8.86. The first-order valence-electron chi connectivity index (χ1n) is 9.32. The number of nitrogens with zero attached hydrogens (tertiary/aromatic N) is 3. The Hall–Kier alpha value is -3.89. The van der Waals surface area contributed by atoms with Crippen LogP contribution < -0.4 is 5.32 Å². The molecule has 1 N–H and O–H groups in total. The first-order chi connectivity index (χ1) is 14.7. The molecule has 0 radical (unpaired) electrons. The molecule has 2 aromatic rings. The van der Waals surface area contributed by atoms with E-state index in [-0.39, 0.29) is 29.9 Å². The number of amides is 2. The van der Waals surface area contributed by atoms with Crippen molar-refractivity contribution in [2.75, 3.05) is 11.9 Å². The van der Waals surface area contributed by atoms with Gasteiger partial charge in [0.2, 0.25) is 5.91 Å². The zero-order chi connectivity index (χ0) is 22.7. The lowest BCUT2D eigenvalue weighted by Gasteiger charge is -2.23. The molecule has 31 heavy (non-hydrogen) atoms. The smallest absolute Gasteiger partial charge is 0.302 e. The largest absolute Gasteiger partial charge is 0.461 e. The summed E-state index contributed by atoms with van der Waals surface area (Å²) in [6, 6.07) is 5.53. The number of nitro groups is 1. The number of hydrogen-bond donors (Lipinski definition) is 1. The Balaban J connectivity index is 1.96. The van der Waals surface area contributed by atoms with Crippen LogP contribution >= 0.6 is 0 Å². The van der Waals surface area contributed by atoms with Gasteiger partial charge in [0.1, 0.15) is 23.3 Å². The highest BCUT2D eigenvalue weighted by Crippen LogP contribution is 2.39. The Morgan fingerprint density at radius 3 is 2.61 bits per heavy atom. The van der Waals surface area contributed by atoms with Crippen LogP contribution in [0.5, 0.6) is 0 Å². The van der Waals surface area contributed by atoms with Gasteiger partial charge in [0.15, 0.2) is 0 Å². The molecule has 0 saturated carbocycles. The molecule has 1 aliphatic rings. The fourth-order valence-electron chi connectivity index (χ4n) is 3.53. The zero-order valence-electron chi connectivity index (χ0n) is 16.7. The number of rotatable bonds is 5. The van der Waals surface area contributed by atoms with E-state index in [0.717, 1.165) is 12.1 Å². The maximum Gasteiger partial charge on any atom is 0.302 e. The molecule has 0 aliphatic carbocycles. The van der Waals surface area contributed by atoms with E-state index >= 15 is 0 Å². The lowest BCUT2D eigenvalue weighted by molar-refractivity contribution is -0.384. The molecule has 1 aliphatic heterocycles. The summed E-state index contributed by atoms with van der Waals surface area (Å²) >= 11 is 0. The van der Waals surface area contributed by atoms with E-state index in [2.05, 4.69) is 10.3 Å². The summed E-state index contributed by atoms with van der Waals surface area (Å²) in [5.74, 6) is -2.53. The first-order valence-corrected chi connectivity index (χ1v) is 9.32. The third kappa shape index (κ3) is 4.82. The highest BCUT2D eigenvalue weighted by Gasteiger charge is 2.39. The van der Waals surface area contributed by atoms with Crippen LogP contribution in [0.4, 0.5) is 15.8 Å². The third-order valence-electron chi connectivity index (χ3n) is 4.82. The minimum absolute atomic E-state index is 0.00375. The summed E-state index contributed by atoms with van der Waals surface area (Å²) in [6.07, 6.45) is 0.809. The van der Waals surface area contributed by atoms with E-state index in [1.54, 1.807) is 12.1 Å². The lowest BCUT2D eigenvalue weighted by Crippen LogP contribution is -2.30. The average molecular weight is 430 g/mol. The van der Waals surface area contributed by atoms with Gasteiger partial charge in [-0.05, 0) is 12.1 Å². The van der Waals surface area contributed by atoms with Crippen LogP contribution in [0.15, 0.2) is 36.5 Å². The Morgan fingerprint density at radius 2 is 2.03 bits per heavy atom. The number of aromatic nitrogens is 1. The predicted molar refractivity (Wildman–Crippen MR) is 106 cm³/mol. The number of nitrogens with one attached hydrogen (secondary N) is 1. The van der Waals surface area contributed by atoms with Crippen LogP contribution in [-0.4, -0.2) is 45.2 Å². The van der Waals surface area contributed by atoms with Crippen molar-refractivity contribution in [3.63, 3.8) is 0 Å². The molecule has 11 heteroatoms. The van der Waals surface area contributed by atoms with Gasteiger partial charge < -0.3 is 15.0 Å². The van der Waals surface area contributed by atoms with Gasteiger partial charge in [0.05, 0.1) is 17.5 Å². The summed E-state index contributed by atoms with van der Waals surface area (Å²) in [5.41, 5.74) is -0.984. The number of carbonyl (C=O) groups excluding carboxylic acids is 3.